The van der Waals surface area contributed by atoms with E-state index in [-0.39, 0.29) is 0 Å². The van der Waals surface area contributed by atoms with Crippen LogP contribution in [0.4, 0.5) is 0 Å². The van der Waals surface area contributed by atoms with Crippen LogP contribution in [0, 0.1) is 0 Å². The molecular formula is C14H16N4OS. The first-order valence-electron chi connectivity index (χ1n) is 6.13. The Morgan fingerprint density at radius 2 is 1.90 bits per heavy atom. The number of carbonyl (C=O) groups excluding carboxylic acids is 1. The van der Waals surface area contributed by atoms with Crippen LogP contribution in [0.1, 0.15) is 5.56 Å². The molecule has 2 rings (SSSR count). The third-order valence-corrected chi connectivity index (χ3v) is 4.12. The van der Waals surface area contributed by atoms with E-state index in [4.69, 9.17) is 5.73 Å². The van der Waals surface area contributed by atoms with Crippen molar-refractivity contribution in [1.29, 1.82) is 0 Å². The summed E-state index contributed by atoms with van der Waals surface area (Å²) in [5, 5.41) is 3.67. The second-order valence-electron chi connectivity index (χ2n) is 4.21. The predicted octanol–water partition coefficient (Wildman–Crippen LogP) is 1.17. The van der Waals surface area contributed by atoms with E-state index in [1.54, 1.807) is 25.5 Å². The number of hydrogen-bond acceptors (Lipinski definition) is 5. The van der Waals surface area contributed by atoms with Gasteiger partial charge in [0.05, 0.1) is 0 Å². The summed E-state index contributed by atoms with van der Waals surface area (Å²) in [5.74, 6) is 0.00183. The van der Waals surface area contributed by atoms with Crippen molar-refractivity contribution >= 4 is 17.7 Å². The zero-order chi connectivity index (χ0) is 14.4. The lowest BCUT2D eigenvalue weighted by Gasteiger charge is -2.30. The predicted molar refractivity (Wildman–Crippen MR) is 79.1 cm³/mol. The number of nitrogens with two attached hydrogens (primary N) is 1. The molecule has 1 unspecified atom stereocenters. The molecule has 1 amide bonds. The number of benzene rings is 1. The van der Waals surface area contributed by atoms with Crippen LogP contribution >= 0.6 is 11.8 Å². The van der Waals surface area contributed by atoms with Gasteiger partial charge in [-0.1, -0.05) is 42.1 Å². The monoisotopic (exact) mass is 288 g/mol. The zero-order valence-corrected chi connectivity index (χ0v) is 11.9. The number of amides is 1. The zero-order valence-electron chi connectivity index (χ0n) is 11.1. The molecule has 2 aromatic rings. The highest BCUT2D eigenvalue weighted by Gasteiger charge is 2.37. The standard InChI is InChI=1S/C14H16N4OS/c1-16-14(12(15)19,11-6-3-2-4-7-11)10-20-13-17-8-5-9-18-13/h2-9,16H,10H2,1H3,(H2,15,19). The Morgan fingerprint density at radius 3 is 2.45 bits per heavy atom. The number of nitrogens with zero attached hydrogens (tertiary/aromatic N) is 2. The van der Waals surface area contributed by atoms with E-state index in [1.807, 2.05) is 30.3 Å². The number of carbonyl (C=O) groups is 1. The second-order valence-corrected chi connectivity index (χ2v) is 5.15. The van der Waals surface area contributed by atoms with Crippen LogP contribution in [0.3, 0.4) is 0 Å². The minimum Gasteiger partial charge on any atom is -0.368 e. The maximum absolute atomic E-state index is 12.0. The highest BCUT2D eigenvalue weighted by molar-refractivity contribution is 7.99. The topological polar surface area (TPSA) is 80.9 Å². The number of hydrogen-bond donors (Lipinski definition) is 2. The highest BCUT2D eigenvalue weighted by atomic mass is 32.2. The van der Waals surface area contributed by atoms with Crippen molar-refractivity contribution in [3.8, 4) is 0 Å². The normalized spacial score (nSPS) is 13.7. The first-order chi connectivity index (χ1) is 9.69. The summed E-state index contributed by atoms with van der Waals surface area (Å²) in [6, 6.07) is 11.2. The number of primary amides is 1. The smallest absolute Gasteiger partial charge is 0.243 e. The fourth-order valence-corrected chi connectivity index (χ4v) is 2.96. The molecule has 3 N–H and O–H groups in total. The number of nitrogens with one attached hydrogen (secondary N) is 1. The van der Waals surface area contributed by atoms with Gasteiger partial charge in [-0.2, -0.15) is 0 Å². The second kappa shape index (κ2) is 6.49. The lowest BCUT2D eigenvalue weighted by Crippen LogP contribution is -2.53. The van der Waals surface area contributed by atoms with Gasteiger partial charge in [-0.3, -0.25) is 4.79 Å². The van der Waals surface area contributed by atoms with Gasteiger partial charge in [-0.15, -0.1) is 0 Å². The number of rotatable bonds is 6. The molecule has 20 heavy (non-hydrogen) atoms. The largest absolute Gasteiger partial charge is 0.368 e. The average molecular weight is 288 g/mol. The van der Waals surface area contributed by atoms with Gasteiger partial charge in [0.1, 0.15) is 5.54 Å². The molecule has 0 saturated heterocycles. The summed E-state index contributed by atoms with van der Waals surface area (Å²) in [5.41, 5.74) is 5.52. The molecule has 0 aliphatic carbocycles. The van der Waals surface area contributed by atoms with Gasteiger partial charge < -0.3 is 11.1 Å². The van der Waals surface area contributed by atoms with Crippen molar-refractivity contribution in [3.05, 3.63) is 54.4 Å². The van der Waals surface area contributed by atoms with E-state index in [0.717, 1.165) is 5.56 Å². The first-order valence-corrected chi connectivity index (χ1v) is 7.12. The van der Waals surface area contributed by atoms with E-state index >= 15 is 0 Å². The Morgan fingerprint density at radius 1 is 1.25 bits per heavy atom. The van der Waals surface area contributed by atoms with Crippen molar-refractivity contribution in [2.24, 2.45) is 5.73 Å². The van der Waals surface area contributed by atoms with Gasteiger partial charge in [0, 0.05) is 18.1 Å². The van der Waals surface area contributed by atoms with Crippen molar-refractivity contribution in [3.63, 3.8) is 0 Å². The van der Waals surface area contributed by atoms with Gasteiger partial charge >= 0.3 is 0 Å². The van der Waals surface area contributed by atoms with Crippen molar-refractivity contribution < 1.29 is 4.79 Å². The molecule has 0 bridgehead atoms. The lowest BCUT2D eigenvalue weighted by molar-refractivity contribution is -0.123. The Balaban J connectivity index is 2.26. The van der Waals surface area contributed by atoms with Crippen LogP contribution in [0.15, 0.2) is 53.9 Å². The van der Waals surface area contributed by atoms with E-state index in [0.29, 0.717) is 10.9 Å². The van der Waals surface area contributed by atoms with Crippen LogP contribution in [0.25, 0.3) is 0 Å². The summed E-state index contributed by atoms with van der Waals surface area (Å²) in [4.78, 5) is 20.3. The van der Waals surface area contributed by atoms with E-state index in [1.165, 1.54) is 11.8 Å². The number of aromatic nitrogens is 2. The molecule has 5 nitrogen and oxygen atoms in total. The Bertz CT molecular complexity index is 564. The number of thioether (sulfide) groups is 1. The molecule has 0 spiro atoms. The number of likely N-dealkylation sites (N-methyl/N-ethyl adjacent to an activating group) is 1. The molecular weight excluding hydrogens is 272 g/mol. The molecule has 1 aromatic heterocycles. The molecule has 0 fully saturated rings. The van der Waals surface area contributed by atoms with Gasteiger partial charge in [0.2, 0.25) is 5.91 Å². The Kier molecular flexibility index (Phi) is 4.70. The minimum atomic E-state index is -0.939. The maximum Gasteiger partial charge on any atom is 0.243 e. The van der Waals surface area contributed by atoms with Crippen LogP contribution in [0.2, 0.25) is 0 Å². The Labute approximate surface area is 122 Å². The SMILES string of the molecule is CNC(CSc1ncccn1)(C(N)=O)c1ccccc1. The molecule has 1 atom stereocenters. The fraction of sp³-hybridized carbons (Fsp3) is 0.214. The van der Waals surface area contributed by atoms with Crippen molar-refractivity contribution in [1.82, 2.24) is 15.3 Å². The molecule has 1 aromatic carbocycles. The van der Waals surface area contributed by atoms with E-state index in [2.05, 4.69) is 15.3 Å². The van der Waals surface area contributed by atoms with Crippen molar-refractivity contribution in [2.75, 3.05) is 12.8 Å². The fourth-order valence-electron chi connectivity index (χ4n) is 1.89. The van der Waals surface area contributed by atoms with Crippen molar-refractivity contribution in [2.45, 2.75) is 10.7 Å². The average Bonchev–Trinajstić information content (AvgIpc) is 2.50. The van der Waals surface area contributed by atoms with Crippen LogP contribution in [0.5, 0.6) is 0 Å². The van der Waals surface area contributed by atoms with Gasteiger partial charge in [-0.25, -0.2) is 9.97 Å². The molecule has 0 aliphatic rings. The highest BCUT2D eigenvalue weighted by Crippen LogP contribution is 2.27. The van der Waals surface area contributed by atoms with E-state index < -0.39 is 11.4 Å². The van der Waals surface area contributed by atoms with Gasteiger partial charge in [0.15, 0.2) is 5.16 Å². The quantitative estimate of drug-likeness (QED) is 0.616. The molecule has 6 heteroatoms. The maximum atomic E-state index is 12.0. The summed E-state index contributed by atoms with van der Waals surface area (Å²) < 4.78 is 0. The van der Waals surface area contributed by atoms with Crippen LogP contribution in [-0.4, -0.2) is 28.7 Å². The summed E-state index contributed by atoms with van der Waals surface area (Å²) >= 11 is 1.39. The lowest BCUT2D eigenvalue weighted by atomic mass is 9.91. The van der Waals surface area contributed by atoms with E-state index in [9.17, 15) is 4.79 Å². The molecule has 0 aliphatic heterocycles. The molecule has 1 heterocycles. The summed E-state index contributed by atoms with van der Waals surface area (Å²) in [7, 11) is 1.73. The molecule has 0 radical (unpaired) electrons. The first kappa shape index (κ1) is 14.5. The van der Waals surface area contributed by atoms with Gasteiger partial charge in [0.25, 0.3) is 0 Å². The summed E-state index contributed by atoms with van der Waals surface area (Å²) in [6.45, 7) is 0. The molecule has 0 saturated carbocycles. The van der Waals surface area contributed by atoms with Crippen LogP contribution < -0.4 is 11.1 Å². The van der Waals surface area contributed by atoms with Crippen LogP contribution in [-0.2, 0) is 10.3 Å². The van der Waals surface area contributed by atoms with Gasteiger partial charge in [-0.05, 0) is 18.7 Å². The summed E-state index contributed by atoms with van der Waals surface area (Å²) in [6.07, 6.45) is 3.34. The Hall–Kier alpha value is -1.92. The third kappa shape index (κ3) is 2.97. The minimum absolute atomic E-state index is 0.422. The third-order valence-electron chi connectivity index (χ3n) is 3.07. The molecule has 104 valence electrons.